The zero-order chi connectivity index (χ0) is 28.8. The highest BCUT2D eigenvalue weighted by atomic mass is 16.2. The summed E-state index contributed by atoms with van der Waals surface area (Å²) in [7, 11) is 0. The molecule has 7 rings (SSSR count). The van der Waals surface area contributed by atoms with Gasteiger partial charge in [-0.1, -0.05) is 6.07 Å². The topological polar surface area (TPSA) is 102 Å². The number of carbonyl (C=O) groups excluding carboxylic acids is 3. The Bertz CT molecular complexity index is 1350. The number of nitrogens with one attached hydrogen (secondary N) is 1. The molecule has 0 saturated carbocycles. The summed E-state index contributed by atoms with van der Waals surface area (Å²) in [5.74, 6) is -0.711. The number of piperidine rings is 4. The summed E-state index contributed by atoms with van der Waals surface area (Å²) < 4.78 is 0. The van der Waals surface area contributed by atoms with Crippen LogP contribution in [0.2, 0.25) is 0 Å². The second-order valence-electron chi connectivity index (χ2n) is 13.1. The SMILES string of the molecule is Nc1ccc(N2CCC(N3CCC4(CCN(c5ccc6c(c5)C(=O)N(C5CCC(=O)NC5=O)C6)CC4)CC3)CC2)cc1. The first-order valence-electron chi connectivity index (χ1n) is 15.7. The molecule has 0 aliphatic carbocycles. The summed E-state index contributed by atoms with van der Waals surface area (Å²) in [6.45, 7) is 7.10. The Labute approximate surface area is 248 Å². The Morgan fingerprint density at radius 3 is 2.10 bits per heavy atom. The molecule has 2 aromatic carbocycles. The van der Waals surface area contributed by atoms with Gasteiger partial charge >= 0.3 is 0 Å². The molecule has 4 fully saturated rings. The van der Waals surface area contributed by atoms with Crippen molar-refractivity contribution < 1.29 is 14.4 Å². The van der Waals surface area contributed by atoms with Crippen LogP contribution >= 0.6 is 0 Å². The average Bonchev–Trinajstić information content (AvgIpc) is 3.34. The van der Waals surface area contributed by atoms with E-state index >= 15 is 0 Å². The highest BCUT2D eigenvalue weighted by Gasteiger charge is 2.41. The number of hydrogen-bond donors (Lipinski definition) is 2. The molecule has 0 bridgehead atoms. The molecule has 3 N–H and O–H groups in total. The lowest BCUT2D eigenvalue weighted by atomic mass is 9.71. The molecule has 0 aromatic heterocycles. The fourth-order valence-electron chi connectivity index (χ4n) is 8.02. The number of nitrogen functional groups attached to an aromatic ring is 1. The second-order valence-corrected chi connectivity index (χ2v) is 13.1. The summed E-state index contributed by atoms with van der Waals surface area (Å²) >= 11 is 0. The Balaban J connectivity index is 0.910. The third-order valence-corrected chi connectivity index (χ3v) is 10.8. The number of imide groups is 1. The molecule has 3 amide bonds. The maximum absolute atomic E-state index is 13.3. The number of nitrogens with two attached hydrogens (primary N) is 1. The van der Waals surface area contributed by atoms with Gasteiger partial charge in [0.05, 0.1) is 0 Å². The number of nitrogens with zero attached hydrogens (tertiary/aromatic N) is 4. The molecule has 5 aliphatic heterocycles. The molecule has 4 saturated heterocycles. The van der Waals surface area contributed by atoms with E-state index in [2.05, 4.69) is 44.3 Å². The van der Waals surface area contributed by atoms with Gasteiger partial charge in [0.2, 0.25) is 11.8 Å². The molecule has 9 nitrogen and oxygen atoms in total. The molecule has 1 spiro atoms. The zero-order valence-electron chi connectivity index (χ0n) is 24.4. The van der Waals surface area contributed by atoms with Crippen molar-refractivity contribution in [2.75, 3.05) is 54.8 Å². The molecule has 0 radical (unpaired) electrons. The number of anilines is 3. The van der Waals surface area contributed by atoms with Crippen molar-refractivity contribution in [2.45, 2.75) is 70.0 Å². The van der Waals surface area contributed by atoms with Crippen LogP contribution < -0.4 is 20.9 Å². The minimum Gasteiger partial charge on any atom is -0.399 e. The average molecular weight is 571 g/mol. The Morgan fingerprint density at radius 2 is 1.40 bits per heavy atom. The van der Waals surface area contributed by atoms with E-state index in [1.54, 1.807) is 4.90 Å². The Morgan fingerprint density at radius 1 is 0.762 bits per heavy atom. The molecule has 2 aromatic rings. The lowest BCUT2D eigenvalue weighted by Crippen LogP contribution is -2.52. The first-order chi connectivity index (χ1) is 20.4. The van der Waals surface area contributed by atoms with Crippen LogP contribution in [-0.2, 0) is 16.1 Å². The fraction of sp³-hybridized carbons (Fsp3) is 0.545. The van der Waals surface area contributed by atoms with Crippen molar-refractivity contribution in [1.82, 2.24) is 15.1 Å². The summed E-state index contributed by atoms with van der Waals surface area (Å²) in [6, 6.07) is 14.6. The molecular formula is C33H42N6O3. The third-order valence-electron chi connectivity index (χ3n) is 10.8. The van der Waals surface area contributed by atoms with Gasteiger partial charge in [-0.2, -0.15) is 0 Å². The van der Waals surface area contributed by atoms with Gasteiger partial charge < -0.3 is 25.3 Å². The minimum absolute atomic E-state index is 0.0958. The van der Waals surface area contributed by atoms with Crippen LogP contribution in [0, 0.1) is 5.41 Å². The van der Waals surface area contributed by atoms with Crippen LogP contribution in [0.3, 0.4) is 0 Å². The maximum Gasteiger partial charge on any atom is 0.255 e. The van der Waals surface area contributed by atoms with Crippen LogP contribution in [0.25, 0.3) is 0 Å². The zero-order valence-corrected chi connectivity index (χ0v) is 24.4. The van der Waals surface area contributed by atoms with Crippen LogP contribution in [0.5, 0.6) is 0 Å². The van der Waals surface area contributed by atoms with Gasteiger partial charge in [0, 0.05) is 67.8 Å². The van der Waals surface area contributed by atoms with Crippen molar-refractivity contribution in [3.05, 3.63) is 53.6 Å². The van der Waals surface area contributed by atoms with Gasteiger partial charge in [-0.3, -0.25) is 19.7 Å². The van der Waals surface area contributed by atoms with Crippen molar-refractivity contribution in [3.63, 3.8) is 0 Å². The Kier molecular flexibility index (Phi) is 7.08. The number of rotatable bonds is 4. The largest absolute Gasteiger partial charge is 0.399 e. The molecule has 222 valence electrons. The fourth-order valence-corrected chi connectivity index (χ4v) is 8.02. The minimum atomic E-state index is -0.567. The number of hydrogen-bond acceptors (Lipinski definition) is 7. The van der Waals surface area contributed by atoms with E-state index in [1.807, 2.05) is 18.2 Å². The van der Waals surface area contributed by atoms with E-state index < -0.39 is 6.04 Å². The van der Waals surface area contributed by atoms with Gasteiger partial charge in [-0.05, 0) is 105 Å². The van der Waals surface area contributed by atoms with Gasteiger partial charge in [0.1, 0.15) is 6.04 Å². The number of likely N-dealkylation sites (tertiary alicyclic amines) is 1. The van der Waals surface area contributed by atoms with Crippen molar-refractivity contribution >= 4 is 34.8 Å². The summed E-state index contributed by atoms with van der Waals surface area (Å²) in [6.07, 6.45) is 8.08. The first kappa shape index (κ1) is 27.3. The van der Waals surface area contributed by atoms with Gasteiger partial charge in [0.25, 0.3) is 5.91 Å². The number of carbonyl (C=O) groups is 3. The molecule has 42 heavy (non-hydrogen) atoms. The van der Waals surface area contributed by atoms with E-state index in [9.17, 15) is 14.4 Å². The number of amides is 3. The van der Waals surface area contributed by atoms with Gasteiger partial charge in [-0.15, -0.1) is 0 Å². The van der Waals surface area contributed by atoms with Crippen molar-refractivity contribution in [3.8, 4) is 0 Å². The Hall–Kier alpha value is -3.59. The number of fused-ring (bicyclic) bond motifs is 1. The molecular weight excluding hydrogens is 528 g/mol. The summed E-state index contributed by atoms with van der Waals surface area (Å²) in [5, 5.41) is 2.39. The van der Waals surface area contributed by atoms with Gasteiger partial charge in [-0.25, -0.2) is 0 Å². The molecule has 1 unspecified atom stereocenters. The van der Waals surface area contributed by atoms with Crippen LogP contribution in [-0.4, -0.2) is 78.9 Å². The highest BCUT2D eigenvalue weighted by molar-refractivity contribution is 6.05. The van der Waals surface area contributed by atoms with Crippen molar-refractivity contribution in [2.24, 2.45) is 5.41 Å². The van der Waals surface area contributed by atoms with Crippen LogP contribution in [0.4, 0.5) is 17.1 Å². The lowest BCUT2D eigenvalue weighted by molar-refractivity contribution is -0.136. The quantitative estimate of drug-likeness (QED) is 0.429. The molecule has 9 heteroatoms. The normalized spacial score (nSPS) is 25.2. The summed E-state index contributed by atoms with van der Waals surface area (Å²) in [4.78, 5) is 46.6. The standard InChI is InChI=1S/C33H42N6O3/c34-24-2-5-25(6-3-24)36-15-9-26(10-16-36)37-17-11-33(12-18-37)13-19-38(20-14-33)27-4-1-23-22-39(32(42)28(23)21-27)29-7-8-30(40)35-31(29)41/h1-6,21,26,29H,7-20,22,34H2,(H,35,40,41). The van der Waals surface area contributed by atoms with E-state index in [1.165, 1.54) is 57.3 Å². The van der Waals surface area contributed by atoms with E-state index in [4.69, 9.17) is 5.73 Å². The molecule has 1 atom stereocenters. The van der Waals surface area contributed by atoms with E-state index in [0.29, 0.717) is 30.0 Å². The summed E-state index contributed by atoms with van der Waals surface area (Å²) in [5.41, 5.74) is 11.2. The predicted molar refractivity (Wildman–Crippen MR) is 163 cm³/mol. The van der Waals surface area contributed by atoms with E-state index in [-0.39, 0.29) is 24.1 Å². The molecule has 5 heterocycles. The smallest absolute Gasteiger partial charge is 0.255 e. The van der Waals surface area contributed by atoms with Gasteiger partial charge in [0.15, 0.2) is 0 Å². The third kappa shape index (κ3) is 5.12. The second kappa shape index (κ2) is 10.9. The molecule has 5 aliphatic rings. The van der Waals surface area contributed by atoms with E-state index in [0.717, 1.165) is 43.1 Å². The predicted octanol–water partition coefficient (Wildman–Crippen LogP) is 3.38. The number of benzene rings is 2. The first-order valence-corrected chi connectivity index (χ1v) is 15.7. The van der Waals surface area contributed by atoms with Crippen LogP contribution in [0.1, 0.15) is 67.3 Å². The van der Waals surface area contributed by atoms with Crippen LogP contribution in [0.15, 0.2) is 42.5 Å². The highest BCUT2D eigenvalue weighted by Crippen LogP contribution is 2.43. The lowest BCUT2D eigenvalue weighted by Gasteiger charge is -2.50. The monoisotopic (exact) mass is 570 g/mol. The maximum atomic E-state index is 13.3. The van der Waals surface area contributed by atoms with Crippen molar-refractivity contribution in [1.29, 1.82) is 0 Å².